The summed E-state index contributed by atoms with van der Waals surface area (Å²) in [5, 5.41) is 0. The summed E-state index contributed by atoms with van der Waals surface area (Å²) in [5.41, 5.74) is 0.691. The van der Waals surface area contributed by atoms with Crippen LogP contribution in [0.3, 0.4) is 0 Å². The normalized spacial score (nSPS) is 16.4. The van der Waals surface area contributed by atoms with E-state index in [0.717, 1.165) is 0 Å². The third kappa shape index (κ3) is 1.61. The first-order valence-corrected chi connectivity index (χ1v) is 5.74. The Morgan fingerprint density at radius 1 is 1.33 bits per heavy atom. The fraction of sp³-hybridized carbons (Fsp3) is 0.333. The largest absolute Gasteiger partial charge is 0.501 e. The first kappa shape index (κ1) is 10.1. The van der Waals surface area contributed by atoms with Gasteiger partial charge in [0, 0.05) is 5.56 Å². The van der Waals surface area contributed by atoms with Crippen molar-refractivity contribution in [3.63, 3.8) is 0 Å². The van der Waals surface area contributed by atoms with Crippen LogP contribution in [0, 0.1) is 0 Å². The molecule has 0 aromatic heterocycles. The van der Waals surface area contributed by atoms with Crippen LogP contribution >= 0.6 is 0 Å². The van der Waals surface area contributed by atoms with Crippen molar-refractivity contribution in [2.24, 2.45) is 0 Å². The van der Waals surface area contributed by atoms with Crippen LogP contribution in [0.15, 0.2) is 12.1 Å². The van der Waals surface area contributed by atoms with Crippen molar-refractivity contribution in [2.45, 2.75) is 13.3 Å². The minimum atomic E-state index is -3.92. The number of hydrogen-bond acceptors (Lipinski definition) is 5. The molecule has 1 aromatic carbocycles. The van der Waals surface area contributed by atoms with E-state index in [1.54, 1.807) is 6.07 Å². The first-order valence-electron chi connectivity index (χ1n) is 4.41. The second-order valence-corrected chi connectivity index (χ2v) is 4.15. The van der Waals surface area contributed by atoms with Crippen LogP contribution in [-0.2, 0) is 16.8 Å². The van der Waals surface area contributed by atoms with E-state index in [-0.39, 0.29) is 11.5 Å². The maximum absolute atomic E-state index is 11.1. The average molecular weight is 230 g/mol. The van der Waals surface area contributed by atoms with Gasteiger partial charge in [-0.05, 0) is 18.6 Å². The van der Waals surface area contributed by atoms with Crippen LogP contribution in [-0.4, -0.2) is 15.5 Å². The SMILES string of the molecule is CCc1c(OC)ccc2c1OS(=O)(=O)O2. The average Bonchev–Trinajstić information content (AvgIpc) is 2.50. The van der Waals surface area contributed by atoms with Crippen molar-refractivity contribution in [1.82, 2.24) is 0 Å². The van der Waals surface area contributed by atoms with Gasteiger partial charge in [-0.3, -0.25) is 0 Å². The van der Waals surface area contributed by atoms with Crippen LogP contribution in [0.25, 0.3) is 0 Å². The van der Waals surface area contributed by atoms with E-state index in [1.165, 1.54) is 13.2 Å². The van der Waals surface area contributed by atoms with E-state index >= 15 is 0 Å². The lowest BCUT2D eigenvalue weighted by atomic mass is 10.1. The van der Waals surface area contributed by atoms with Gasteiger partial charge in [0.25, 0.3) is 0 Å². The van der Waals surface area contributed by atoms with Crippen molar-refractivity contribution in [2.75, 3.05) is 7.11 Å². The Balaban J connectivity index is 2.60. The molecule has 0 amide bonds. The van der Waals surface area contributed by atoms with Gasteiger partial charge in [0.2, 0.25) is 0 Å². The maximum Gasteiger partial charge on any atom is 0.501 e. The summed E-state index contributed by atoms with van der Waals surface area (Å²) in [6, 6.07) is 3.17. The molecule has 1 aromatic rings. The summed E-state index contributed by atoms with van der Waals surface area (Å²) >= 11 is 0. The van der Waals surface area contributed by atoms with Crippen molar-refractivity contribution in [3.8, 4) is 17.2 Å². The maximum atomic E-state index is 11.1. The van der Waals surface area contributed by atoms with Gasteiger partial charge in [-0.2, -0.15) is 0 Å². The molecular weight excluding hydrogens is 220 g/mol. The van der Waals surface area contributed by atoms with Crippen molar-refractivity contribution >= 4 is 10.4 Å². The highest BCUT2D eigenvalue weighted by Gasteiger charge is 2.31. The molecule has 1 heterocycles. The fourth-order valence-electron chi connectivity index (χ4n) is 1.50. The molecular formula is C9H10O5S. The molecule has 0 fully saturated rings. The van der Waals surface area contributed by atoms with Crippen LogP contribution in [0.2, 0.25) is 0 Å². The molecule has 1 aliphatic rings. The summed E-state index contributed by atoms with van der Waals surface area (Å²) in [6.45, 7) is 1.88. The molecule has 1 aliphatic heterocycles. The molecule has 0 N–H and O–H groups in total. The van der Waals surface area contributed by atoms with Gasteiger partial charge >= 0.3 is 10.4 Å². The molecule has 0 saturated heterocycles. The number of hydrogen-bond donors (Lipinski definition) is 0. The van der Waals surface area contributed by atoms with E-state index in [4.69, 9.17) is 8.92 Å². The van der Waals surface area contributed by atoms with Gasteiger partial charge in [0.05, 0.1) is 7.11 Å². The molecule has 2 rings (SSSR count). The monoisotopic (exact) mass is 230 g/mol. The minimum Gasteiger partial charge on any atom is -0.496 e. The first-order chi connectivity index (χ1) is 7.07. The molecule has 0 bridgehead atoms. The molecule has 0 saturated carbocycles. The molecule has 0 radical (unpaired) electrons. The number of methoxy groups -OCH3 is 1. The second-order valence-electron chi connectivity index (χ2n) is 3.00. The predicted octanol–water partition coefficient (Wildman–Crippen LogP) is 1.27. The Bertz CT molecular complexity index is 491. The Morgan fingerprint density at radius 2 is 2.07 bits per heavy atom. The molecule has 0 atom stereocenters. The van der Waals surface area contributed by atoms with Crippen LogP contribution in [0.4, 0.5) is 0 Å². The smallest absolute Gasteiger partial charge is 0.496 e. The Labute approximate surface area is 87.9 Å². The second kappa shape index (κ2) is 3.30. The zero-order valence-corrected chi connectivity index (χ0v) is 9.13. The third-order valence-corrected chi connectivity index (χ3v) is 2.89. The minimum absolute atomic E-state index is 0.215. The summed E-state index contributed by atoms with van der Waals surface area (Å²) in [5.74, 6) is 1.04. The highest BCUT2D eigenvalue weighted by molar-refractivity contribution is 7.82. The highest BCUT2D eigenvalue weighted by atomic mass is 32.3. The molecule has 0 aliphatic carbocycles. The molecule has 5 nitrogen and oxygen atoms in total. The van der Waals surface area contributed by atoms with E-state index < -0.39 is 10.4 Å². The van der Waals surface area contributed by atoms with Gasteiger partial charge in [0.1, 0.15) is 5.75 Å². The lowest BCUT2D eigenvalue weighted by Crippen LogP contribution is -2.08. The number of ether oxygens (including phenoxy) is 1. The van der Waals surface area contributed by atoms with E-state index in [0.29, 0.717) is 17.7 Å². The van der Waals surface area contributed by atoms with Crippen molar-refractivity contribution in [1.29, 1.82) is 0 Å². The Hall–Kier alpha value is -1.43. The standard InChI is InChI=1S/C9H10O5S/c1-3-6-7(12-2)4-5-8-9(6)14-15(10,11)13-8/h4-5H,3H2,1-2H3. The Kier molecular flexibility index (Phi) is 2.22. The summed E-state index contributed by atoms with van der Waals surface area (Å²) in [6.07, 6.45) is 0.602. The van der Waals surface area contributed by atoms with Crippen molar-refractivity contribution in [3.05, 3.63) is 17.7 Å². The quantitative estimate of drug-likeness (QED) is 0.765. The highest BCUT2D eigenvalue weighted by Crippen LogP contribution is 2.43. The Morgan fingerprint density at radius 3 is 2.67 bits per heavy atom. The number of rotatable bonds is 2. The van der Waals surface area contributed by atoms with Gasteiger partial charge < -0.3 is 13.1 Å². The molecule has 6 heteroatoms. The summed E-state index contributed by atoms with van der Waals surface area (Å²) in [7, 11) is -2.40. The molecule has 82 valence electrons. The third-order valence-electron chi connectivity index (χ3n) is 2.13. The number of benzene rings is 1. The lowest BCUT2D eigenvalue weighted by Gasteiger charge is -2.07. The lowest BCUT2D eigenvalue weighted by molar-refractivity contribution is 0.406. The van der Waals surface area contributed by atoms with Gasteiger partial charge in [-0.1, -0.05) is 6.92 Å². The van der Waals surface area contributed by atoms with Gasteiger partial charge in [-0.25, -0.2) is 0 Å². The zero-order valence-electron chi connectivity index (χ0n) is 8.31. The van der Waals surface area contributed by atoms with E-state index in [1.807, 2.05) is 6.92 Å². The molecule has 15 heavy (non-hydrogen) atoms. The van der Waals surface area contributed by atoms with Crippen molar-refractivity contribution < 1.29 is 21.5 Å². The van der Waals surface area contributed by atoms with Crippen LogP contribution in [0.1, 0.15) is 12.5 Å². The number of fused-ring (bicyclic) bond motifs is 1. The predicted molar refractivity (Wildman–Crippen MR) is 52.5 cm³/mol. The molecule has 0 unspecified atom stereocenters. The van der Waals surface area contributed by atoms with Crippen LogP contribution in [0.5, 0.6) is 17.2 Å². The fourth-order valence-corrected chi connectivity index (χ4v) is 2.27. The van der Waals surface area contributed by atoms with Crippen LogP contribution < -0.4 is 13.1 Å². The summed E-state index contributed by atoms with van der Waals surface area (Å²) < 4.78 is 36.6. The zero-order chi connectivity index (χ0) is 11.1. The molecule has 0 spiro atoms. The van der Waals surface area contributed by atoms with Gasteiger partial charge in [-0.15, -0.1) is 8.42 Å². The topological polar surface area (TPSA) is 61.8 Å². The van der Waals surface area contributed by atoms with Gasteiger partial charge in [0.15, 0.2) is 11.5 Å². The van der Waals surface area contributed by atoms with E-state index in [2.05, 4.69) is 4.18 Å². The summed E-state index contributed by atoms with van der Waals surface area (Å²) in [4.78, 5) is 0. The van der Waals surface area contributed by atoms with E-state index in [9.17, 15) is 8.42 Å².